The molecule has 2 N–H and O–H groups in total. The van der Waals surface area contributed by atoms with E-state index >= 15 is 0 Å². The van der Waals surface area contributed by atoms with Crippen molar-refractivity contribution in [2.75, 3.05) is 39.3 Å². The first-order valence-electron chi connectivity index (χ1n) is 7.83. The second-order valence-corrected chi connectivity index (χ2v) is 5.84. The molecule has 0 atom stereocenters. The molecule has 0 spiro atoms. The third-order valence-electron chi connectivity index (χ3n) is 3.98. The molecule has 2 heterocycles. The monoisotopic (exact) mass is 276 g/mol. The molecule has 1 aromatic heterocycles. The van der Waals surface area contributed by atoms with Crippen molar-refractivity contribution in [3.05, 3.63) is 29.6 Å². The number of nitrogens with zero attached hydrogens (tertiary/aromatic N) is 3. The van der Waals surface area contributed by atoms with Gasteiger partial charge >= 0.3 is 0 Å². The lowest BCUT2D eigenvalue weighted by Crippen LogP contribution is -2.46. The van der Waals surface area contributed by atoms with Crippen molar-refractivity contribution in [2.24, 2.45) is 5.73 Å². The highest BCUT2D eigenvalue weighted by Gasteiger charge is 2.16. The van der Waals surface area contributed by atoms with Gasteiger partial charge in [0, 0.05) is 45.1 Å². The maximum absolute atomic E-state index is 5.52. The van der Waals surface area contributed by atoms with Gasteiger partial charge in [0.1, 0.15) is 0 Å². The van der Waals surface area contributed by atoms with Crippen LogP contribution in [0.15, 0.2) is 18.5 Å². The highest BCUT2D eigenvalue weighted by molar-refractivity contribution is 5.16. The van der Waals surface area contributed by atoms with Crippen molar-refractivity contribution in [3.8, 4) is 0 Å². The quantitative estimate of drug-likeness (QED) is 0.769. The van der Waals surface area contributed by atoms with Crippen LogP contribution in [0.3, 0.4) is 0 Å². The number of pyridine rings is 1. The Balaban J connectivity index is 1.66. The zero-order chi connectivity index (χ0) is 14.2. The second kappa shape index (κ2) is 8.35. The molecule has 1 aliphatic heterocycles. The molecule has 0 aromatic carbocycles. The van der Waals surface area contributed by atoms with Gasteiger partial charge in [-0.05, 0) is 44.0 Å². The van der Waals surface area contributed by atoms with Crippen LogP contribution in [0.5, 0.6) is 0 Å². The standard InChI is InChI=1S/C16H28N4/c1-15-11-16(13-18-12-15)14-20-9-7-19(8-10-20)6-4-2-3-5-17/h11-13H,2-10,14,17H2,1H3. The molecule has 2 rings (SSSR count). The summed E-state index contributed by atoms with van der Waals surface area (Å²) >= 11 is 0. The van der Waals surface area contributed by atoms with Crippen LogP contribution in [-0.2, 0) is 6.54 Å². The normalized spacial score (nSPS) is 17.5. The second-order valence-electron chi connectivity index (χ2n) is 5.84. The Labute approximate surface area is 123 Å². The van der Waals surface area contributed by atoms with Crippen LogP contribution in [0.2, 0.25) is 0 Å². The van der Waals surface area contributed by atoms with Crippen LogP contribution in [0.25, 0.3) is 0 Å². The van der Waals surface area contributed by atoms with Crippen molar-refractivity contribution in [1.29, 1.82) is 0 Å². The number of hydrogen-bond acceptors (Lipinski definition) is 4. The van der Waals surface area contributed by atoms with Gasteiger partial charge in [0.2, 0.25) is 0 Å². The zero-order valence-corrected chi connectivity index (χ0v) is 12.7. The first kappa shape index (κ1) is 15.4. The Kier molecular flexibility index (Phi) is 6.43. The average Bonchev–Trinajstić information content (AvgIpc) is 2.45. The van der Waals surface area contributed by atoms with Gasteiger partial charge in [0.05, 0.1) is 0 Å². The highest BCUT2D eigenvalue weighted by Crippen LogP contribution is 2.10. The highest BCUT2D eigenvalue weighted by atomic mass is 15.3. The molecular formula is C16H28N4. The van der Waals surface area contributed by atoms with E-state index in [1.54, 1.807) is 0 Å². The van der Waals surface area contributed by atoms with Crippen LogP contribution >= 0.6 is 0 Å². The van der Waals surface area contributed by atoms with Gasteiger partial charge in [-0.1, -0.05) is 12.5 Å². The molecule has 0 radical (unpaired) electrons. The van der Waals surface area contributed by atoms with Gasteiger partial charge in [-0.15, -0.1) is 0 Å². The zero-order valence-electron chi connectivity index (χ0n) is 12.7. The first-order valence-corrected chi connectivity index (χ1v) is 7.83. The Morgan fingerprint density at radius 2 is 1.80 bits per heavy atom. The van der Waals surface area contributed by atoms with E-state index in [2.05, 4.69) is 27.8 Å². The Hall–Kier alpha value is -0.970. The third kappa shape index (κ3) is 5.19. The molecule has 1 saturated heterocycles. The maximum Gasteiger partial charge on any atom is 0.0313 e. The smallest absolute Gasteiger partial charge is 0.0313 e. The Bertz CT molecular complexity index is 386. The summed E-state index contributed by atoms with van der Waals surface area (Å²) in [6.45, 7) is 9.95. The molecule has 20 heavy (non-hydrogen) atoms. The molecule has 1 fully saturated rings. The lowest BCUT2D eigenvalue weighted by atomic mass is 10.2. The largest absolute Gasteiger partial charge is 0.330 e. The number of aromatic nitrogens is 1. The van der Waals surface area contributed by atoms with Crippen molar-refractivity contribution >= 4 is 0 Å². The number of aryl methyl sites for hydroxylation is 1. The van der Waals surface area contributed by atoms with Crippen LogP contribution in [0.1, 0.15) is 30.4 Å². The minimum absolute atomic E-state index is 0.832. The molecule has 0 amide bonds. The van der Waals surface area contributed by atoms with Gasteiger partial charge in [-0.25, -0.2) is 0 Å². The Morgan fingerprint density at radius 3 is 2.50 bits per heavy atom. The Morgan fingerprint density at radius 1 is 1.05 bits per heavy atom. The number of nitrogens with two attached hydrogens (primary N) is 1. The predicted molar refractivity (Wildman–Crippen MR) is 83.6 cm³/mol. The molecule has 0 aliphatic carbocycles. The molecule has 1 aliphatic rings. The third-order valence-corrected chi connectivity index (χ3v) is 3.98. The molecular weight excluding hydrogens is 248 g/mol. The number of unbranched alkanes of at least 4 members (excludes halogenated alkanes) is 2. The fraction of sp³-hybridized carbons (Fsp3) is 0.688. The van der Waals surface area contributed by atoms with Gasteiger partial charge in [-0.2, -0.15) is 0 Å². The fourth-order valence-corrected chi connectivity index (χ4v) is 2.79. The summed E-state index contributed by atoms with van der Waals surface area (Å²) in [6.07, 6.45) is 7.64. The summed E-state index contributed by atoms with van der Waals surface area (Å²) < 4.78 is 0. The van der Waals surface area contributed by atoms with Crippen LogP contribution in [-0.4, -0.2) is 54.1 Å². The minimum Gasteiger partial charge on any atom is -0.330 e. The van der Waals surface area contributed by atoms with Crippen LogP contribution < -0.4 is 5.73 Å². The van der Waals surface area contributed by atoms with Crippen molar-refractivity contribution < 1.29 is 0 Å². The van der Waals surface area contributed by atoms with Crippen molar-refractivity contribution in [3.63, 3.8) is 0 Å². The number of rotatable bonds is 7. The molecule has 4 heteroatoms. The summed E-state index contributed by atoms with van der Waals surface area (Å²) in [6, 6.07) is 2.24. The topological polar surface area (TPSA) is 45.4 Å². The lowest BCUT2D eigenvalue weighted by Gasteiger charge is -2.34. The fourth-order valence-electron chi connectivity index (χ4n) is 2.79. The molecule has 112 valence electrons. The van der Waals surface area contributed by atoms with E-state index in [0.29, 0.717) is 0 Å². The summed E-state index contributed by atoms with van der Waals surface area (Å²) in [5.74, 6) is 0. The van der Waals surface area contributed by atoms with E-state index in [9.17, 15) is 0 Å². The average molecular weight is 276 g/mol. The van der Waals surface area contributed by atoms with E-state index in [1.807, 2.05) is 12.4 Å². The molecule has 1 aromatic rings. The summed E-state index contributed by atoms with van der Waals surface area (Å²) in [4.78, 5) is 9.39. The minimum atomic E-state index is 0.832. The number of hydrogen-bond donors (Lipinski definition) is 1. The molecule has 4 nitrogen and oxygen atoms in total. The van der Waals surface area contributed by atoms with E-state index in [0.717, 1.165) is 13.1 Å². The lowest BCUT2D eigenvalue weighted by molar-refractivity contribution is 0.125. The molecule has 0 unspecified atom stereocenters. The molecule has 0 saturated carbocycles. The first-order chi connectivity index (χ1) is 9.78. The maximum atomic E-state index is 5.52. The summed E-state index contributed by atoms with van der Waals surface area (Å²) in [5.41, 5.74) is 8.11. The van der Waals surface area contributed by atoms with Gasteiger partial charge in [0.25, 0.3) is 0 Å². The predicted octanol–water partition coefficient (Wildman–Crippen LogP) is 1.64. The number of piperazine rings is 1. The van der Waals surface area contributed by atoms with Crippen molar-refractivity contribution in [1.82, 2.24) is 14.8 Å². The molecule has 0 bridgehead atoms. The van der Waals surface area contributed by atoms with E-state index in [1.165, 1.54) is 63.1 Å². The van der Waals surface area contributed by atoms with E-state index in [-0.39, 0.29) is 0 Å². The SMILES string of the molecule is Cc1cncc(CN2CCN(CCCCCN)CC2)c1. The van der Waals surface area contributed by atoms with Gasteiger partial charge in [0.15, 0.2) is 0 Å². The summed E-state index contributed by atoms with van der Waals surface area (Å²) in [5, 5.41) is 0. The van der Waals surface area contributed by atoms with E-state index < -0.39 is 0 Å². The van der Waals surface area contributed by atoms with Crippen LogP contribution in [0.4, 0.5) is 0 Å². The van der Waals surface area contributed by atoms with Gasteiger partial charge in [-0.3, -0.25) is 9.88 Å². The van der Waals surface area contributed by atoms with Crippen molar-refractivity contribution in [2.45, 2.75) is 32.7 Å². The van der Waals surface area contributed by atoms with E-state index in [4.69, 9.17) is 5.73 Å². The van der Waals surface area contributed by atoms with Crippen LogP contribution in [0, 0.1) is 6.92 Å². The van der Waals surface area contributed by atoms with Gasteiger partial charge < -0.3 is 10.6 Å². The summed E-state index contributed by atoms with van der Waals surface area (Å²) in [7, 11) is 0.